The molecule has 180 valence electrons. The van der Waals surface area contributed by atoms with Crippen molar-refractivity contribution in [3.05, 3.63) is 89.5 Å². The Morgan fingerprint density at radius 3 is 2.71 bits per heavy atom. The molecule has 1 fully saturated rings. The Balaban J connectivity index is 1.28. The van der Waals surface area contributed by atoms with Gasteiger partial charge in [0.2, 0.25) is 0 Å². The van der Waals surface area contributed by atoms with E-state index in [0.717, 1.165) is 41.1 Å². The maximum absolute atomic E-state index is 13.3. The number of nitrogens with zero attached hydrogens (tertiary/aromatic N) is 2. The number of hydrogen-bond donors (Lipinski definition) is 1. The van der Waals surface area contributed by atoms with Crippen LogP contribution in [0.4, 0.5) is 0 Å². The quantitative estimate of drug-likeness (QED) is 0.306. The first kappa shape index (κ1) is 23.5. The Labute approximate surface area is 209 Å². The van der Waals surface area contributed by atoms with Crippen molar-refractivity contribution >= 4 is 28.8 Å². The number of carbonyl (C=O) groups is 1. The van der Waals surface area contributed by atoms with Gasteiger partial charge in [0, 0.05) is 17.9 Å². The molecule has 5 rings (SSSR count). The van der Waals surface area contributed by atoms with Gasteiger partial charge >= 0.3 is 0 Å². The van der Waals surface area contributed by atoms with E-state index < -0.39 is 0 Å². The van der Waals surface area contributed by atoms with E-state index in [4.69, 9.17) is 9.15 Å². The van der Waals surface area contributed by atoms with Crippen molar-refractivity contribution in [2.75, 3.05) is 26.7 Å². The van der Waals surface area contributed by atoms with Crippen LogP contribution in [-0.4, -0.2) is 42.5 Å². The second-order valence-corrected chi connectivity index (χ2v) is 9.57. The molecule has 0 radical (unpaired) electrons. The molecule has 2 heterocycles. The van der Waals surface area contributed by atoms with Crippen molar-refractivity contribution in [2.45, 2.75) is 29.9 Å². The molecule has 0 spiro atoms. The number of carbonyl (C=O) groups excluding carboxylic acids is 1. The van der Waals surface area contributed by atoms with Gasteiger partial charge in [-0.15, -0.1) is 0 Å². The zero-order chi connectivity index (χ0) is 24.0. The second kappa shape index (κ2) is 11.0. The van der Waals surface area contributed by atoms with E-state index in [9.17, 15) is 4.79 Å². The zero-order valence-electron chi connectivity index (χ0n) is 19.8. The number of likely N-dealkylation sites (tertiary alicyclic amines) is 1. The molecule has 35 heavy (non-hydrogen) atoms. The molecule has 4 aromatic rings. The third kappa shape index (κ3) is 5.52. The first-order valence-electron chi connectivity index (χ1n) is 11.9. The molecule has 6 nitrogen and oxygen atoms in total. The Bertz CT molecular complexity index is 1270. The maximum atomic E-state index is 13.3. The Morgan fingerprint density at radius 2 is 1.89 bits per heavy atom. The van der Waals surface area contributed by atoms with Gasteiger partial charge in [-0.05, 0) is 67.4 Å². The molecule has 1 unspecified atom stereocenters. The molecule has 1 aliphatic heterocycles. The topological polar surface area (TPSA) is 67.6 Å². The lowest BCUT2D eigenvalue weighted by atomic mass is 10.0. The fraction of sp³-hybridized carbons (Fsp3) is 0.286. The molecule has 1 N–H and O–H groups in total. The van der Waals surface area contributed by atoms with Crippen LogP contribution in [0.3, 0.4) is 0 Å². The van der Waals surface area contributed by atoms with Gasteiger partial charge in [0.25, 0.3) is 11.1 Å². The van der Waals surface area contributed by atoms with Gasteiger partial charge in [0.15, 0.2) is 5.58 Å². The summed E-state index contributed by atoms with van der Waals surface area (Å²) in [5, 5.41) is 3.81. The van der Waals surface area contributed by atoms with Crippen LogP contribution in [0.5, 0.6) is 5.75 Å². The smallest absolute Gasteiger partial charge is 0.257 e. The van der Waals surface area contributed by atoms with Crippen LogP contribution >= 0.6 is 11.8 Å². The van der Waals surface area contributed by atoms with Crippen molar-refractivity contribution in [1.82, 2.24) is 15.2 Å². The lowest BCUT2D eigenvalue weighted by Gasteiger charge is -2.28. The Kier molecular flexibility index (Phi) is 7.35. The van der Waals surface area contributed by atoms with E-state index in [1.165, 1.54) is 24.6 Å². The monoisotopic (exact) mass is 487 g/mol. The van der Waals surface area contributed by atoms with Crippen LogP contribution in [0.2, 0.25) is 0 Å². The highest BCUT2D eigenvalue weighted by molar-refractivity contribution is 7.98. The summed E-state index contributed by atoms with van der Waals surface area (Å²) in [6.07, 6.45) is 2.37. The number of ether oxygens (including phenoxy) is 1. The number of methoxy groups -OCH3 is 1. The summed E-state index contributed by atoms with van der Waals surface area (Å²) >= 11 is 1.50. The number of aromatic nitrogens is 1. The van der Waals surface area contributed by atoms with Gasteiger partial charge in [-0.1, -0.05) is 54.2 Å². The third-order valence-corrected chi connectivity index (χ3v) is 7.28. The minimum atomic E-state index is -0.0640. The fourth-order valence-corrected chi connectivity index (χ4v) is 5.41. The lowest BCUT2D eigenvalue weighted by molar-refractivity contribution is 0.0937. The summed E-state index contributed by atoms with van der Waals surface area (Å²) in [4.78, 5) is 20.3. The first-order chi connectivity index (χ1) is 17.2. The van der Waals surface area contributed by atoms with Gasteiger partial charge in [0.1, 0.15) is 11.3 Å². The molecule has 0 saturated carbocycles. The fourth-order valence-electron chi connectivity index (χ4n) is 4.56. The van der Waals surface area contributed by atoms with Gasteiger partial charge in [0.05, 0.1) is 13.2 Å². The van der Waals surface area contributed by atoms with Crippen molar-refractivity contribution in [1.29, 1.82) is 0 Å². The highest BCUT2D eigenvalue weighted by Gasteiger charge is 2.25. The molecule has 3 aromatic carbocycles. The lowest BCUT2D eigenvalue weighted by Crippen LogP contribution is -2.37. The molecule has 1 saturated heterocycles. The number of para-hydroxylation sites is 2. The summed E-state index contributed by atoms with van der Waals surface area (Å²) in [5.74, 6) is 1.37. The molecule has 1 amide bonds. The van der Waals surface area contributed by atoms with Gasteiger partial charge in [-0.25, -0.2) is 4.98 Å². The SMILES string of the molecule is COc1cccc(C(CNC(=O)c2ccccc2CSc2nc3ccccc3o2)N2CCCC2)c1. The summed E-state index contributed by atoms with van der Waals surface area (Å²) in [5.41, 5.74) is 4.41. The molecule has 0 aliphatic carbocycles. The number of nitrogens with one attached hydrogen (secondary N) is 1. The number of oxazole rings is 1. The zero-order valence-corrected chi connectivity index (χ0v) is 20.6. The van der Waals surface area contributed by atoms with Crippen LogP contribution in [0.15, 0.2) is 82.4 Å². The van der Waals surface area contributed by atoms with E-state index in [2.05, 4.69) is 27.3 Å². The standard InChI is InChI=1S/C28H29N3O3S/c1-33-22-11-8-10-20(17-22)25(31-15-6-7-16-31)18-29-27(32)23-12-3-2-9-21(23)19-35-28-30-24-13-4-5-14-26(24)34-28/h2-5,8-14,17,25H,6-7,15-16,18-19H2,1H3,(H,29,32). The third-order valence-electron chi connectivity index (χ3n) is 6.40. The van der Waals surface area contributed by atoms with E-state index in [0.29, 0.717) is 23.1 Å². The van der Waals surface area contributed by atoms with Crippen LogP contribution in [0.1, 0.15) is 40.4 Å². The maximum Gasteiger partial charge on any atom is 0.257 e. The van der Waals surface area contributed by atoms with Crippen LogP contribution < -0.4 is 10.1 Å². The van der Waals surface area contributed by atoms with E-state index in [-0.39, 0.29) is 11.9 Å². The molecule has 7 heteroatoms. The Morgan fingerprint density at radius 1 is 1.09 bits per heavy atom. The van der Waals surface area contributed by atoms with Gasteiger partial charge < -0.3 is 14.5 Å². The largest absolute Gasteiger partial charge is 0.497 e. The predicted octanol–water partition coefficient (Wildman–Crippen LogP) is 5.70. The predicted molar refractivity (Wildman–Crippen MR) is 139 cm³/mol. The molecule has 0 bridgehead atoms. The van der Waals surface area contributed by atoms with E-state index >= 15 is 0 Å². The number of amides is 1. The highest BCUT2D eigenvalue weighted by Crippen LogP contribution is 2.29. The van der Waals surface area contributed by atoms with Crippen LogP contribution in [0, 0.1) is 0 Å². The highest BCUT2D eigenvalue weighted by atomic mass is 32.2. The van der Waals surface area contributed by atoms with Gasteiger partial charge in [-0.3, -0.25) is 9.69 Å². The number of benzene rings is 3. The molecule has 1 aromatic heterocycles. The van der Waals surface area contributed by atoms with Crippen LogP contribution in [-0.2, 0) is 5.75 Å². The van der Waals surface area contributed by atoms with E-state index in [1.54, 1.807) is 7.11 Å². The summed E-state index contributed by atoms with van der Waals surface area (Å²) in [6.45, 7) is 2.61. The summed E-state index contributed by atoms with van der Waals surface area (Å²) in [7, 11) is 1.68. The molecular formula is C28H29N3O3S. The van der Waals surface area contributed by atoms with Crippen molar-refractivity contribution in [2.24, 2.45) is 0 Å². The summed E-state index contributed by atoms with van der Waals surface area (Å²) in [6, 6.07) is 23.7. The minimum Gasteiger partial charge on any atom is -0.497 e. The molecule has 1 atom stereocenters. The average molecular weight is 488 g/mol. The Hall–Kier alpha value is -3.29. The van der Waals surface area contributed by atoms with Crippen molar-refractivity contribution < 1.29 is 13.9 Å². The van der Waals surface area contributed by atoms with Crippen molar-refractivity contribution in [3.63, 3.8) is 0 Å². The second-order valence-electron chi connectivity index (χ2n) is 8.64. The van der Waals surface area contributed by atoms with Crippen molar-refractivity contribution in [3.8, 4) is 5.75 Å². The normalized spacial score (nSPS) is 14.8. The number of fused-ring (bicyclic) bond motifs is 1. The first-order valence-corrected chi connectivity index (χ1v) is 12.9. The van der Waals surface area contributed by atoms with Gasteiger partial charge in [-0.2, -0.15) is 0 Å². The molecule has 1 aliphatic rings. The minimum absolute atomic E-state index is 0.0640. The molecular weight excluding hydrogens is 458 g/mol. The number of rotatable bonds is 9. The number of hydrogen-bond acceptors (Lipinski definition) is 6. The van der Waals surface area contributed by atoms with Crippen LogP contribution in [0.25, 0.3) is 11.1 Å². The van der Waals surface area contributed by atoms with E-state index in [1.807, 2.05) is 60.7 Å². The number of thioether (sulfide) groups is 1. The summed E-state index contributed by atoms with van der Waals surface area (Å²) < 4.78 is 11.3. The average Bonchev–Trinajstić information content (AvgIpc) is 3.58.